The number of amides is 1. The summed E-state index contributed by atoms with van der Waals surface area (Å²) in [5.74, 6) is -2.47. The number of piperidine rings is 1. The number of halogens is 2. The predicted octanol–water partition coefficient (Wildman–Crippen LogP) is 3.16. The first-order chi connectivity index (χ1) is 15.3. The molecule has 2 heterocycles. The number of fused-ring (bicyclic) bond motifs is 1. The lowest BCUT2D eigenvalue weighted by molar-refractivity contribution is -0.120. The lowest BCUT2D eigenvalue weighted by Gasteiger charge is -2.30. The molecule has 32 heavy (non-hydrogen) atoms. The third kappa shape index (κ3) is 4.35. The maximum atomic E-state index is 13.8. The van der Waals surface area contributed by atoms with E-state index in [0.29, 0.717) is 31.0 Å². The molecule has 0 saturated carbocycles. The molecule has 0 bridgehead atoms. The zero-order valence-electron chi connectivity index (χ0n) is 17.5. The highest BCUT2D eigenvalue weighted by Crippen LogP contribution is 2.27. The van der Waals surface area contributed by atoms with Crippen molar-refractivity contribution in [3.63, 3.8) is 0 Å². The molecule has 8 nitrogen and oxygen atoms in total. The third-order valence-corrected chi connectivity index (χ3v) is 7.47. The standard InChI is InChI=1S/C21H23F2N5O3S/c1-2-9-28-20-6-4-16(13-19(20)25-26-28)32(30,31)27-10-7-14(8-11-27)21(29)24-18-5-3-15(22)12-17(18)23/h3-6,12-14H,2,7-11H2,1H3,(H,24,29). The average molecular weight is 464 g/mol. The van der Waals surface area contributed by atoms with E-state index in [1.165, 1.54) is 10.4 Å². The number of aryl methyl sites for hydroxylation is 1. The number of aromatic nitrogens is 3. The first-order valence-corrected chi connectivity index (χ1v) is 11.8. The number of nitrogens with one attached hydrogen (secondary N) is 1. The zero-order chi connectivity index (χ0) is 22.9. The summed E-state index contributed by atoms with van der Waals surface area (Å²) in [5.41, 5.74) is 1.18. The van der Waals surface area contributed by atoms with Crippen LogP contribution < -0.4 is 5.32 Å². The molecule has 11 heteroatoms. The number of sulfonamides is 1. The van der Waals surface area contributed by atoms with E-state index in [-0.39, 0.29) is 23.7 Å². The Hall–Kier alpha value is -2.92. The minimum atomic E-state index is -3.75. The van der Waals surface area contributed by atoms with E-state index in [1.807, 2.05) is 6.92 Å². The maximum Gasteiger partial charge on any atom is 0.243 e. The van der Waals surface area contributed by atoms with Gasteiger partial charge in [-0.05, 0) is 49.6 Å². The molecule has 1 N–H and O–H groups in total. The van der Waals surface area contributed by atoms with Gasteiger partial charge in [-0.25, -0.2) is 21.9 Å². The summed E-state index contributed by atoms with van der Waals surface area (Å²) in [6.07, 6.45) is 1.47. The molecule has 3 aromatic rings. The van der Waals surface area contributed by atoms with E-state index in [1.54, 1.807) is 16.8 Å². The number of anilines is 1. The van der Waals surface area contributed by atoms with Crippen molar-refractivity contribution >= 4 is 32.7 Å². The summed E-state index contributed by atoms with van der Waals surface area (Å²) in [5, 5.41) is 10.6. The Morgan fingerprint density at radius 1 is 1.16 bits per heavy atom. The van der Waals surface area contributed by atoms with Crippen LogP contribution in [0.2, 0.25) is 0 Å². The number of rotatable bonds is 6. The zero-order valence-corrected chi connectivity index (χ0v) is 18.3. The minimum Gasteiger partial charge on any atom is -0.323 e. The average Bonchev–Trinajstić information content (AvgIpc) is 3.18. The highest BCUT2D eigenvalue weighted by atomic mass is 32.2. The molecular weight excluding hydrogens is 440 g/mol. The second-order valence-corrected chi connectivity index (χ2v) is 9.69. The maximum absolute atomic E-state index is 13.8. The Bertz CT molecular complexity index is 1250. The third-order valence-electron chi connectivity index (χ3n) is 5.57. The molecule has 170 valence electrons. The Balaban J connectivity index is 1.42. The van der Waals surface area contributed by atoms with Gasteiger partial charge in [-0.3, -0.25) is 4.79 Å². The fourth-order valence-electron chi connectivity index (χ4n) is 3.82. The highest BCUT2D eigenvalue weighted by molar-refractivity contribution is 7.89. The van der Waals surface area contributed by atoms with Gasteiger partial charge in [-0.2, -0.15) is 4.31 Å². The molecule has 4 rings (SSSR count). The van der Waals surface area contributed by atoms with Crippen molar-refractivity contribution in [1.82, 2.24) is 19.3 Å². The van der Waals surface area contributed by atoms with Gasteiger partial charge in [0.05, 0.1) is 16.1 Å². The summed E-state index contributed by atoms with van der Waals surface area (Å²) in [4.78, 5) is 12.6. The molecule has 0 unspecified atom stereocenters. The van der Waals surface area contributed by atoms with Crippen LogP contribution in [0.1, 0.15) is 26.2 Å². The Morgan fingerprint density at radius 3 is 2.59 bits per heavy atom. The van der Waals surface area contributed by atoms with Crippen molar-refractivity contribution in [2.45, 2.75) is 37.6 Å². The van der Waals surface area contributed by atoms with Crippen molar-refractivity contribution < 1.29 is 22.0 Å². The molecule has 2 aromatic carbocycles. The highest BCUT2D eigenvalue weighted by Gasteiger charge is 2.32. The second kappa shape index (κ2) is 8.91. The van der Waals surface area contributed by atoms with Crippen LogP contribution in [0.3, 0.4) is 0 Å². The predicted molar refractivity (Wildman–Crippen MR) is 114 cm³/mol. The number of hydrogen-bond donors (Lipinski definition) is 1. The van der Waals surface area contributed by atoms with Crippen molar-refractivity contribution in [2.75, 3.05) is 18.4 Å². The van der Waals surface area contributed by atoms with Crippen LogP contribution in [-0.4, -0.2) is 46.7 Å². The van der Waals surface area contributed by atoms with Crippen molar-refractivity contribution in [2.24, 2.45) is 5.92 Å². The van der Waals surface area contributed by atoms with Crippen LogP contribution in [0.25, 0.3) is 11.0 Å². The quantitative estimate of drug-likeness (QED) is 0.606. The Morgan fingerprint density at radius 2 is 1.91 bits per heavy atom. The number of carbonyl (C=O) groups is 1. The molecular formula is C21H23F2N5O3S. The lowest BCUT2D eigenvalue weighted by atomic mass is 9.97. The summed E-state index contributed by atoms with van der Waals surface area (Å²) in [7, 11) is -3.75. The van der Waals surface area contributed by atoms with Crippen molar-refractivity contribution in [3.05, 3.63) is 48.0 Å². The fraction of sp³-hybridized carbons (Fsp3) is 0.381. The van der Waals surface area contributed by atoms with Crippen LogP contribution in [0.5, 0.6) is 0 Å². The monoisotopic (exact) mass is 463 g/mol. The summed E-state index contributed by atoms with van der Waals surface area (Å²) >= 11 is 0. The number of nitrogens with zero attached hydrogens (tertiary/aromatic N) is 4. The normalized spacial score (nSPS) is 15.8. The van der Waals surface area contributed by atoms with Crippen molar-refractivity contribution in [1.29, 1.82) is 0 Å². The Kier molecular flexibility index (Phi) is 6.20. The van der Waals surface area contributed by atoms with E-state index in [4.69, 9.17) is 0 Å². The molecule has 1 saturated heterocycles. The van der Waals surface area contributed by atoms with Gasteiger partial charge in [-0.15, -0.1) is 5.10 Å². The van der Waals surface area contributed by atoms with Crippen LogP contribution in [0.15, 0.2) is 41.3 Å². The van der Waals surface area contributed by atoms with Gasteiger partial charge in [0.15, 0.2) is 0 Å². The largest absolute Gasteiger partial charge is 0.323 e. The van der Waals surface area contributed by atoms with E-state index in [0.717, 1.165) is 24.1 Å². The molecule has 0 aliphatic carbocycles. The fourth-order valence-corrected chi connectivity index (χ4v) is 5.31. The van der Waals surface area contributed by atoms with Crippen LogP contribution in [-0.2, 0) is 21.4 Å². The van der Waals surface area contributed by atoms with E-state index < -0.39 is 33.5 Å². The first kappa shape index (κ1) is 22.3. The molecule has 1 aromatic heterocycles. The molecule has 0 spiro atoms. The summed E-state index contributed by atoms with van der Waals surface area (Å²) in [6.45, 7) is 3.03. The van der Waals surface area contributed by atoms with Crippen molar-refractivity contribution in [3.8, 4) is 0 Å². The molecule has 1 amide bonds. The van der Waals surface area contributed by atoms with Crippen LogP contribution >= 0.6 is 0 Å². The lowest BCUT2D eigenvalue weighted by Crippen LogP contribution is -2.41. The van der Waals surface area contributed by atoms with Gasteiger partial charge < -0.3 is 5.32 Å². The van der Waals surface area contributed by atoms with Gasteiger partial charge in [0.1, 0.15) is 17.2 Å². The summed E-state index contributed by atoms with van der Waals surface area (Å²) < 4.78 is 56.1. The summed E-state index contributed by atoms with van der Waals surface area (Å²) in [6, 6.07) is 7.68. The van der Waals surface area contributed by atoms with Gasteiger partial charge in [0.2, 0.25) is 15.9 Å². The molecule has 1 aliphatic rings. The van der Waals surface area contributed by atoms with Gasteiger partial charge in [0, 0.05) is 31.6 Å². The van der Waals surface area contributed by atoms with Crippen LogP contribution in [0.4, 0.5) is 14.5 Å². The van der Waals surface area contributed by atoms with E-state index in [2.05, 4.69) is 15.6 Å². The van der Waals surface area contributed by atoms with Crippen LogP contribution in [0, 0.1) is 17.6 Å². The molecule has 0 radical (unpaired) electrons. The minimum absolute atomic E-state index is 0.101. The van der Waals surface area contributed by atoms with Gasteiger partial charge >= 0.3 is 0 Å². The molecule has 0 atom stereocenters. The Labute approximate surface area is 184 Å². The van der Waals surface area contributed by atoms with E-state index >= 15 is 0 Å². The molecule has 1 fully saturated rings. The van der Waals surface area contributed by atoms with E-state index in [9.17, 15) is 22.0 Å². The number of benzene rings is 2. The topological polar surface area (TPSA) is 97.2 Å². The van der Waals surface area contributed by atoms with Gasteiger partial charge in [-0.1, -0.05) is 12.1 Å². The second-order valence-electron chi connectivity index (χ2n) is 7.75. The SMILES string of the molecule is CCCn1nnc2cc(S(=O)(=O)N3CCC(C(=O)Nc4ccc(F)cc4F)CC3)ccc21. The number of carbonyl (C=O) groups excluding carboxylic acids is 1. The molecule has 1 aliphatic heterocycles. The van der Waals surface area contributed by atoms with Gasteiger partial charge in [0.25, 0.3) is 0 Å². The first-order valence-electron chi connectivity index (χ1n) is 10.4. The number of hydrogen-bond acceptors (Lipinski definition) is 5. The smallest absolute Gasteiger partial charge is 0.243 e.